The second-order valence-electron chi connectivity index (χ2n) is 18.0. The van der Waals surface area contributed by atoms with Gasteiger partial charge >= 0.3 is 0 Å². The van der Waals surface area contributed by atoms with Gasteiger partial charge in [0.25, 0.3) is 0 Å². The Balaban J connectivity index is 1.10. The molecule has 0 spiro atoms. The molecule has 68 heavy (non-hydrogen) atoms. The molecular formula is C67H41N. The van der Waals surface area contributed by atoms with Crippen molar-refractivity contribution in [2.24, 2.45) is 0 Å². The van der Waals surface area contributed by atoms with Gasteiger partial charge in [-0.05, 0) is 144 Å². The predicted molar refractivity (Wildman–Crippen MR) is 291 cm³/mol. The zero-order valence-electron chi connectivity index (χ0n) is 37.1. The monoisotopic (exact) mass is 859 g/mol. The Morgan fingerprint density at radius 2 is 0.515 bits per heavy atom. The first-order valence-electron chi connectivity index (χ1n) is 23.5. The molecule has 0 aliphatic heterocycles. The molecule has 1 aromatic heterocycles. The van der Waals surface area contributed by atoms with Gasteiger partial charge in [0, 0.05) is 10.9 Å². The van der Waals surface area contributed by atoms with E-state index in [-0.39, 0.29) is 0 Å². The second-order valence-corrected chi connectivity index (χ2v) is 18.0. The molecular weight excluding hydrogens is 819 g/mol. The van der Waals surface area contributed by atoms with Gasteiger partial charge in [0.15, 0.2) is 0 Å². The Morgan fingerprint density at radius 1 is 0.206 bits per heavy atom. The van der Waals surface area contributed by atoms with Crippen LogP contribution in [0.1, 0.15) is 0 Å². The Kier molecular flexibility index (Phi) is 8.66. The average molecular weight is 860 g/mol. The molecule has 0 aliphatic carbocycles. The third-order valence-electron chi connectivity index (χ3n) is 14.4. The van der Waals surface area contributed by atoms with Gasteiger partial charge < -0.3 is 0 Å². The van der Waals surface area contributed by atoms with Gasteiger partial charge in [0.1, 0.15) is 0 Å². The van der Waals surface area contributed by atoms with Crippen molar-refractivity contribution in [3.05, 3.63) is 249 Å². The average Bonchev–Trinajstić information content (AvgIpc) is 3.41. The molecule has 0 fully saturated rings. The first kappa shape index (κ1) is 38.4. The van der Waals surface area contributed by atoms with Crippen LogP contribution in [0, 0.1) is 0 Å². The van der Waals surface area contributed by atoms with E-state index in [1.54, 1.807) is 0 Å². The number of rotatable bonds is 5. The van der Waals surface area contributed by atoms with Crippen molar-refractivity contribution in [3.8, 4) is 55.8 Å². The number of nitrogens with zero attached hydrogens (tertiary/aromatic N) is 1. The van der Waals surface area contributed by atoms with Crippen molar-refractivity contribution in [2.45, 2.75) is 0 Å². The van der Waals surface area contributed by atoms with E-state index in [9.17, 15) is 0 Å². The minimum absolute atomic E-state index is 0.981. The van der Waals surface area contributed by atoms with Gasteiger partial charge in [-0.2, -0.15) is 0 Å². The summed E-state index contributed by atoms with van der Waals surface area (Å²) in [7, 11) is 0. The van der Waals surface area contributed by atoms with Crippen LogP contribution in [0.3, 0.4) is 0 Å². The fourth-order valence-electron chi connectivity index (χ4n) is 11.5. The fourth-order valence-corrected chi connectivity index (χ4v) is 11.5. The number of hydrogen-bond donors (Lipinski definition) is 0. The maximum Gasteiger partial charge on any atom is 0.0722 e. The molecule has 0 atom stereocenters. The van der Waals surface area contributed by atoms with E-state index in [4.69, 9.17) is 4.98 Å². The molecule has 0 saturated heterocycles. The highest BCUT2D eigenvalue weighted by Crippen LogP contribution is 2.53. The highest BCUT2D eigenvalue weighted by molar-refractivity contribution is 6.33. The number of pyridine rings is 1. The van der Waals surface area contributed by atoms with Crippen molar-refractivity contribution in [1.29, 1.82) is 0 Å². The summed E-state index contributed by atoms with van der Waals surface area (Å²) >= 11 is 0. The van der Waals surface area contributed by atoms with Crippen LogP contribution in [0.5, 0.6) is 0 Å². The molecule has 14 rings (SSSR count). The van der Waals surface area contributed by atoms with Crippen LogP contribution < -0.4 is 0 Å². The van der Waals surface area contributed by atoms with Crippen LogP contribution in [0.4, 0.5) is 0 Å². The highest BCUT2D eigenvalue weighted by Gasteiger charge is 2.26. The van der Waals surface area contributed by atoms with Gasteiger partial charge in [-0.15, -0.1) is 0 Å². The van der Waals surface area contributed by atoms with Crippen LogP contribution in [0.15, 0.2) is 249 Å². The van der Waals surface area contributed by atoms with Crippen molar-refractivity contribution in [1.82, 2.24) is 4.98 Å². The molecule has 1 heteroatoms. The summed E-state index contributed by atoms with van der Waals surface area (Å²) in [6.07, 6.45) is 0. The van der Waals surface area contributed by atoms with Crippen LogP contribution in [0.2, 0.25) is 0 Å². The number of para-hydroxylation sites is 1. The smallest absolute Gasteiger partial charge is 0.0722 e. The molecule has 0 aliphatic rings. The van der Waals surface area contributed by atoms with Crippen LogP contribution in [-0.4, -0.2) is 4.98 Å². The first-order valence-corrected chi connectivity index (χ1v) is 23.5. The van der Waals surface area contributed by atoms with E-state index in [0.29, 0.717) is 0 Å². The van der Waals surface area contributed by atoms with E-state index < -0.39 is 0 Å². The van der Waals surface area contributed by atoms with Crippen LogP contribution in [0.25, 0.3) is 142 Å². The molecule has 0 N–H and O–H groups in total. The van der Waals surface area contributed by atoms with E-state index in [2.05, 4.69) is 249 Å². The SMILES string of the molecule is c1ccc(-c2cc3ccccc3cc2-c2c3ccccc3c(-c3c4ccccc4c(-c4c5ccccc5c(-c5ccc6ccccc6n5)c5ccccc45)c4ccccc34)c3ccccc23)cc1. The normalized spacial score (nSPS) is 11.8. The van der Waals surface area contributed by atoms with Gasteiger partial charge in [-0.1, -0.05) is 224 Å². The largest absolute Gasteiger partial charge is 0.248 e. The number of aromatic nitrogens is 1. The highest BCUT2D eigenvalue weighted by atomic mass is 14.7. The fraction of sp³-hybridized carbons (Fsp3) is 0. The molecule has 0 radical (unpaired) electrons. The summed E-state index contributed by atoms with van der Waals surface area (Å²) in [5.74, 6) is 0. The zero-order valence-corrected chi connectivity index (χ0v) is 37.1. The standard InChI is InChI=1S/C67H41N/c1-2-20-42(21-3-1)58-40-44-23-4-5-24-45(44)41-59(58)62-46-25-7-11-29-50(46)64(51-30-12-8-26-47(51)62)66-54-33-15-17-35-56(54)67(57-36-18-16-34-55(57)66)65-52-31-13-9-27-48(52)63(49-28-10-14-32-53(49)65)61-39-38-43-22-6-19-37-60(43)68-61/h1-41H. The van der Waals surface area contributed by atoms with E-state index >= 15 is 0 Å². The van der Waals surface area contributed by atoms with Crippen molar-refractivity contribution in [2.75, 3.05) is 0 Å². The van der Waals surface area contributed by atoms with Crippen molar-refractivity contribution < 1.29 is 0 Å². The lowest BCUT2D eigenvalue weighted by atomic mass is 9.78. The molecule has 314 valence electrons. The molecule has 1 nitrogen and oxygen atoms in total. The maximum absolute atomic E-state index is 5.30. The van der Waals surface area contributed by atoms with E-state index in [1.807, 2.05) is 0 Å². The quantitative estimate of drug-likeness (QED) is 0.157. The minimum Gasteiger partial charge on any atom is -0.248 e. The summed E-state index contributed by atoms with van der Waals surface area (Å²) in [4.78, 5) is 5.30. The minimum atomic E-state index is 0.981. The first-order chi connectivity index (χ1) is 33.8. The molecule has 0 saturated carbocycles. The molecule has 0 bridgehead atoms. The van der Waals surface area contributed by atoms with E-state index in [0.717, 1.165) is 22.2 Å². The van der Waals surface area contributed by atoms with Crippen LogP contribution in [-0.2, 0) is 0 Å². The lowest BCUT2D eigenvalue weighted by Crippen LogP contribution is -1.97. The van der Waals surface area contributed by atoms with Crippen molar-refractivity contribution >= 4 is 86.3 Å². The third kappa shape index (κ3) is 5.79. The molecule has 0 unspecified atom stereocenters. The number of benzene rings is 13. The Labute approximate surface area is 393 Å². The predicted octanol–water partition coefficient (Wildman–Crippen LogP) is 18.6. The topological polar surface area (TPSA) is 12.9 Å². The molecule has 0 amide bonds. The Morgan fingerprint density at radius 3 is 0.926 bits per heavy atom. The maximum atomic E-state index is 5.30. The number of hydrogen-bond acceptors (Lipinski definition) is 1. The summed E-state index contributed by atoms with van der Waals surface area (Å²) in [5.41, 5.74) is 13.1. The van der Waals surface area contributed by atoms with Gasteiger partial charge in [-0.3, -0.25) is 0 Å². The molecule has 13 aromatic carbocycles. The lowest BCUT2D eigenvalue weighted by molar-refractivity contribution is 1.42. The molecule has 1 heterocycles. The molecule has 14 aromatic rings. The third-order valence-corrected chi connectivity index (χ3v) is 14.4. The summed E-state index contributed by atoms with van der Waals surface area (Å²) in [5, 5.41) is 18.3. The lowest BCUT2D eigenvalue weighted by Gasteiger charge is -2.24. The van der Waals surface area contributed by atoms with E-state index in [1.165, 1.54) is 120 Å². The Hall–Kier alpha value is -8.91. The summed E-state index contributed by atoms with van der Waals surface area (Å²) in [6.45, 7) is 0. The second kappa shape index (κ2) is 15.3. The van der Waals surface area contributed by atoms with Crippen LogP contribution >= 0.6 is 0 Å². The van der Waals surface area contributed by atoms with Gasteiger partial charge in [-0.25, -0.2) is 4.98 Å². The van der Waals surface area contributed by atoms with Crippen molar-refractivity contribution in [3.63, 3.8) is 0 Å². The zero-order chi connectivity index (χ0) is 44.7. The van der Waals surface area contributed by atoms with Gasteiger partial charge in [0.2, 0.25) is 0 Å². The van der Waals surface area contributed by atoms with Gasteiger partial charge in [0.05, 0.1) is 11.2 Å². The Bertz CT molecular complexity index is 4200. The summed E-state index contributed by atoms with van der Waals surface area (Å²) in [6, 6.07) is 91.7. The number of fused-ring (bicyclic) bond motifs is 8. The summed E-state index contributed by atoms with van der Waals surface area (Å²) < 4.78 is 0.